The molecule has 0 radical (unpaired) electrons. The number of nitrogens with one attached hydrogen (secondary N) is 1. The van der Waals surface area contributed by atoms with Gasteiger partial charge in [0, 0.05) is 24.2 Å². The summed E-state index contributed by atoms with van der Waals surface area (Å²) in [6.45, 7) is 1.96. The quantitative estimate of drug-likeness (QED) is 0.876. The molecule has 0 aliphatic carbocycles. The zero-order valence-corrected chi connectivity index (χ0v) is 12.4. The van der Waals surface area contributed by atoms with E-state index < -0.39 is 10.2 Å². The van der Waals surface area contributed by atoms with Gasteiger partial charge < -0.3 is 0 Å². The van der Waals surface area contributed by atoms with Gasteiger partial charge in [0.2, 0.25) is 0 Å². The third-order valence-electron chi connectivity index (χ3n) is 3.25. The molecule has 1 saturated heterocycles. The van der Waals surface area contributed by atoms with Gasteiger partial charge in [0.1, 0.15) is 5.82 Å². The van der Waals surface area contributed by atoms with Gasteiger partial charge in [-0.2, -0.15) is 13.1 Å². The average molecular weight is 322 g/mol. The van der Waals surface area contributed by atoms with Crippen molar-refractivity contribution in [1.82, 2.24) is 9.62 Å². The number of hydrogen-bond donors (Lipinski definition) is 2. The van der Waals surface area contributed by atoms with E-state index in [-0.39, 0.29) is 11.9 Å². The molecule has 1 atom stereocenters. The highest BCUT2D eigenvalue weighted by Crippen LogP contribution is 2.21. The van der Waals surface area contributed by atoms with E-state index in [2.05, 4.69) is 9.62 Å². The minimum Gasteiger partial charge on any atom is -0.297 e. The zero-order valence-electron chi connectivity index (χ0n) is 10.9. The van der Waals surface area contributed by atoms with Crippen molar-refractivity contribution in [2.75, 3.05) is 13.1 Å². The lowest BCUT2D eigenvalue weighted by molar-refractivity contribution is 0.194. The molecule has 0 amide bonds. The Hall–Kier alpha value is -0.730. The minimum atomic E-state index is -3.69. The van der Waals surface area contributed by atoms with Crippen molar-refractivity contribution in [3.05, 3.63) is 34.6 Å². The molecule has 112 valence electrons. The van der Waals surface area contributed by atoms with Crippen molar-refractivity contribution in [2.45, 2.75) is 25.4 Å². The first kappa shape index (κ1) is 15.7. The molecule has 0 aromatic heterocycles. The Morgan fingerprint density at radius 2 is 2.25 bits per heavy atom. The third kappa shape index (κ3) is 4.68. The first-order valence-electron chi connectivity index (χ1n) is 6.30. The van der Waals surface area contributed by atoms with Crippen LogP contribution in [0.5, 0.6) is 0 Å². The number of rotatable bonds is 4. The van der Waals surface area contributed by atoms with Gasteiger partial charge in [0.05, 0.1) is 0 Å². The second-order valence-corrected chi connectivity index (χ2v) is 6.71. The maximum Gasteiger partial charge on any atom is 0.274 e. The van der Waals surface area contributed by atoms with Gasteiger partial charge in [-0.15, -0.1) is 0 Å². The molecule has 2 rings (SSSR count). The van der Waals surface area contributed by atoms with Crippen LogP contribution in [-0.4, -0.2) is 32.4 Å². The molecule has 8 heteroatoms. The number of nitrogens with two attached hydrogens (primary N) is 1. The molecule has 1 fully saturated rings. The van der Waals surface area contributed by atoms with Crippen molar-refractivity contribution >= 4 is 21.8 Å². The van der Waals surface area contributed by atoms with Crippen LogP contribution in [0.3, 0.4) is 0 Å². The zero-order chi connectivity index (χ0) is 14.8. The first-order valence-corrected chi connectivity index (χ1v) is 8.22. The van der Waals surface area contributed by atoms with Crippen molar-refractivity contribution in [2.24, 2.45) is 5.14 Å². The summed E-state index contributed by atoms with van der Waals surface area (Å²) in [5.41, 5.74) is 0.823. The molecule has 0 unspecified atom stereocenters. The highest BCUT2D eigenvalue weighted by Gasteiger charge is 2.23. The molecule has 0 spiro atoms. The van der Waals surface area contributed by atoms with Crippen molar-refractivity contribution in [3.8, 4) is 0 Å². The Morgan fingerprint density at radius 3 is 2.90 bits per heavy atom. The van der Waals surface area contributed by atoms with Gasteiger partial charge >= 0.3 is 0 Å². The number of benzene rings is 1. The minimum absolute atomic E-state index is 0.196. The second-order valence-electron chi connectivity index (χ2n) is 4.97. The Balaban J connectivity index is 1.99. The molecular formula is C12H17ClFN3O2S. The fourth-order valence-corrected chi connectivity index (χ4v) is 3.30. The van der Waals surface area contributed by atoms with E-state index in [0.717, 1.165) is 24.9 Å². The third-order valence-corrected chi connectivity index (χ3v) is 4.26. The van der Waals surface area contributed by atoms with E-state index >= 15 is 0 Å². The normalized spacial score (nSPS) is 21.1. The highest BCUT2D eigenvalue weighted by molar-refractivity contribution is 7.87. The Kier molecular flexibility index (Phi) is 4.98. The van der Waals surface area contributed by atoms with Crippen LogP contribution in [0.25, 0.3) is 0 Å². The van der Waals surface area contributed by atoms with Crippen LogP contribution in [0, 0.1) is 5.82 Å². The molecule has 0 bridgehead atoms. The number of halogens is 2. The van der Waals surface area contributed by atoms with E-state index in [1.54, 1.807) is 6.07 Å². The smallest absolute Gasteiger partial charge is 0.274 e. The average Bonchev–Trinajstić information content (AvgIpc) is 2.31. The number of nitrogens with zero attached hydrogens (tertiary/aromatic N) is 1. The van der Waals surface area contributed by atoms with Crippen LogP contribution < -0.4 is 9.86 Å². The van der Waals surface area contributed by atoms with E-state index in [1.165, 1.54) is 12.1 Å². The lowest BCUT2D eigenvalue weighted by Crippen LogP contribution is -2.49. The summed E-state index contributed by atoms with van der Waals surface area (Å²) in [5.74, 6) is -0.369. The first-order chi connectivity index (χ1) is 9.33. The van der Waals surface area contributed by atoms with Gasteiger partial charge in [-0.1, -0.05) is 17.7 Å². The SMILES string of the molecule is NS(=O)(=O)N[C@H]1CCCN(Cc2ccc(F)cc2Cl)C1. The summed E-state index contributed by atoms with van der Waals surface area (Å²) in [4.78, 5) is 2.07. The molecule has 1 aromatic rings. The highest BCUT2D eigenvalue weighted by atomic mass is 35.5. The standard InChI is InChI=1S/C12H17ClFN3O2S/c13-12-6-10(14)4-3-9(12)7-17-5-1-2-11(8-17)16-20(15,18)19/h3-4,6,11,16H,1-2,5,7-8H2,(H2,15,18,19)/t11-/m0/s1. The van der Waals surface area contributed by atoms with Crippen LogP contribution in [-0.2, 0) is 16.8 Å². The molecule has 1 aliphatic rings. The molecule has 3 N–H and O–H groups in total. The predicted molar refractivity (Wildman–Crippen MR) is 76.0 cm³/mol. The largest absolute Gasteiger partial charge is 0.297 e. The van der Waals surface area contributed by atoms with Crippen molar-refractivity contribution < 1.29 is 12.8 Å². The van der Waals surface area contributed by atoms with Gasteiger partial charge in [-0.3, -0.25) is 4.90 Å². The summed E-state index contributed by atoms with van der Waals surface area (Å²) in [5, 5.41) is 5.37. The van der Waals surface area contributed by atoms with E-state index in [9.17, 15) is 12.8 Å². The van der Waals surface area contributed by atoms with Crippen LogP contribution >= 0.6 is 11.6 Å². The molecular weight excluding hydrogens is 305 g/mol. The maximum absolute atomic E-state index is 13.0. The van der Waals surface area contributed by atoms with Crippen LogP contribution in [0.4, 0.5) is 4.39 Å². The molecule has 20 heavy (non-hydrogen) atoms. The molecule has 1 heterocycles. The molecule has 5 nitrogen and oxygen atoms in total. The number of likely N-dealkylation sites (tertiary alicyclic amines) is 1. The summed E-state index contributed by atoms with van der Waals surface area (Å²) >= 11 is 5.99. The van der Waals surface area contributed by atoms with Crippen LogP contribution in [0.1, 0.15) is 18.4 Å². The number of piperidine rings is 1. The predicted octanol–water partition coefficient (Wildman–Crippen LogP) is 1.24. The molecule has 0 saturated carbocycles. The van der Waals surface area contributed by atoms with E-state index in [4.69, 9.17) is 16.7 Å². The van der Waals surface area contributed by atoms with E-state index in [1.807, 2.05) is 0 Å². The number of hydrogen-bond acceptors (Lipinski definition) is 3. The Labute approximate surface area is 123 Å². The van der Waals surface area contributed by atoms with Gasteiger partial charge in [-0.05, 0) is 37.1 Å². The lowest BCUT2D eigenvalue weighted by atomic mass is 10.1. The second kappa shape index (κ2) is 6.36. The maximum atomic E-state index is 13.0. The Bertz CT molecular complexity index is 582. The van der Waals surface area contributed by atoms with Crippen LogP contribution in [0.2, 0.25) is 5.02 Å². The summed E-state index contributed by atoms with van der Waals surface area (Å²) in [7, 11) is -3.69. The van der Waals surface area contributed by atoms with Crippen molar-refractivity contribution in [1.29, 1.82) is 0 Å². The lowest BCUT2D eigenvalue weighted by Gasteiger charge is -2.32. The summed E-state index contributed by atoms with van der Waals surface area (Å²) < 4.78 is 37.5. The fraction of sp³-hybridized carbons (Fsp3) is 0.500. The monoisotopic (exact) mass is 321 g/mol. The van der Waals surface area contributed by atoms with E-state index in [0.29, 0.717) is 18.1 Å². The Morgan fingerprint density at radius 1 is 1.50 bits per heavy atom. The topological polar surface area (TPSA) is 75.4 Å². The fourth-order valence-electron chi connectivity index (χ4n) is 2.42. The van der Waals surface area contributed by atoms with Crippen molar-refractivity contribution in [3.63, 3.8) is 0 Å². The van der Waals surface area contributed by atoms with Gasteiger partial charge in [-0.25, -0.2) is 9.53 Å². The summed E-state index contributed by atoms with van der Waals surface area (Å²) in [6.07, 6.45) is 1.62. The van der Waals surface area contributed by atoms with Gasteiger partial charge in [0.25, 0.3) is 10.2 Å². The van der Waals surface area contributed by atoms with Crippen LogP contribution in [0.15, 0.2) is 18.2 Å². The summed E-state index contributed by atoms with van der Waals surface area (Å²) in [6, 6.07) is 4.10. The van der Waals surface area contributed by atoms with Gasteiger partial charge in [0.15, 0.2) is 0 Å². The molecule has 1 aromatic carbocycles. The molecule has 1 aliphatic heterocycles.